The summed E-state index contributed by atoms with van der Waals surface area (Å²) in [5.41, 5.74) is 2.92. The van der Waals surface area contributed by atoms with Gasteiger partial charge in [-0.25, -0.2) is 0 Å². The molecule has 0 atom stereocenters. The summed E-state index contributed by atoms with van der Waals surface area (Å²) in [6.45, 7) is 3.97. The molecule has 2 heteroatoms. The van der Waals surface area contributed by atoms with Gasteiger partial charge in [0, 0.05) is 12.0 Å². The molecular formula is C14H18O2. The topological polar surface area (TPSA) is 26.3 Å². The highest BCUT2D eigenvalue weighted by Gasteiger charge is 2.25. The Hall–Kier alpha value is -1.31. The van der Waals surface area contributed by atoms with Gasteiger partial charge in [-0.15, -0.1) is 0 Å². The van der Waals surface area contributed by atoms with E-state index in [2.05, 4.69) is 0 Å². The van der Waals surface area contributed by atoms with Crippen LogP contribution in [0.4, 0.5) is 0 Å². The molecule has 0 radical (unpaired) electrons. The van der Waals surface area contributed by atoms with Gasteiger partial charge < -0.3 is 4.74 Å². The lowest BCUT2D eigenvalue weighted by molar-refractivity contribution is 0.0976. The number of carbonyl (C=O) groups is 1. The number of ether oxygens (including phenoxy) is 1. The molecule has 1 aromatic rings. The van der Waals surface area contributed by atoms with E-state index in [4.69, 9.17) is 4.74 Å². The molecule has 1 fully saturated rings. The van der Waals surface area contributed by atoms with Gasteiger partial charge in [0.15, 0.2) is 5.78 Å². The molecule has 0 unspecified atom stereocenters. The third kappa shape index (κ3) is 2.26. The van der Waals surface area contributed by atoms with Crippen LogP contribution < -0.4 is 4.74 Å². The predicted molar refractivity (Wildman–Crippen MR) is 64.1 cm³/mol. The largest absolute Gasteiger partial charge is 0.496 e. The maximum atomic E-state index is 12.0. The van der Waals surface area contributed by atoms with E-state index in [9.17, 15) is 4.79 Å². The summed E-state index contributed by atoms with van der Waals surface area (Å²) in [6, 6.07) is 3.88. The quantitative estimate of drug-likeness (QED) is 0.725. The second-order valence-electron chi connectivity index (χ2n) is 4.71. The molecule has 0 heterocycles. The first-order valence-corrected chi connectivity index (χ1v) is 5.80. The van der Waals surface area contributed by atoms with Crippen molar-refractivity contribution in [3.63, 3.8) is 0 Å². The van der Waals surface area contributed by atoms with Crippen LogP contribution in [0.1, 0.15) is 40.7 Å². The van der Waals surface area contributed by atoms with Gasteiger partial charge in [0.1, 0.15) is 5.75 Å². The van der Waals surface area contributed by atoms with E-state index in [1.165, 1.54) is 12.8 Å². The third-order valence-corrected chi connectivity index (χ3v) is 3.16. The minimum atomic E-state index is 0.274. The highest BCUT2D eigenvalue weighted by Crippen LogP contribution is 2.34. The molecule has 2 nitrogen and oxygen atoms in total. The molecule has 1 aliphatic rings. The Labute approximate surface area is 96.6 Å². The summed E-state index contributed by atoms with van der Waals surface area (Å²) >= 11 is 0. The SMILES string of the molecule is COc1c(C)cc(C(=O)CC2CC2)cc1C. The zero-order valence-electron chi connectivity index (χ0n) is 10.2. The lowest BCUT2D eigenvalue weighted by Gasteiger charge is -2.10. The van der Waals surface area contributed by atoms with Crippen LogP contribution >= 0.6 is 0 Å². The van der Waals surface area contributed by atoms with Gasteiger partial charge in [-0.3, -0.25) is 4.79 Å². The molecule has 0 aromatic heterocycles. The molecule has 1 aliphatic carbocycles. The Bertz CT molecular complexity index is 394. The molecular weight excluding hydrogens is 200 g/mol. The van der Waals surface area contributed by atoms with Gasteiger partial charge in [0.2, 0.25) is 0 Å². The monoisotopic (exact) mass is 218 g/mol. The van der Waals surface area contributed by atoms with E-state index in [-0.39, 0.29) is 5.78 Å². The zero-order valence-corrected chi connectivity index (χ0v) is 10.2. The average molecular weight is 218 g/mol. The highest BCUT2D eigenvalue weighted by molar-refractivity contribution is 5.97. The van der Waals surface area contributed by atoms with Crippen molar-refractivity contribution in [1.29, 1.82) is 0 Å². The van der Waals surface area contributed by atoms with Crippen LogP contribution in [-0.2, 0) is 0 Å². The van der Waals surface area contributed by atoms with Gasteiger partial charge in [0.25, 0.3) is 0 Å². The van der Waals surface area contributed by atoms with E-state index in [1.54, 1.807) is 7.11 Å². The third-order valence-electron chi connectivity index (χ3n) is 3.16. The predicted octanol–water partition coefficient (Wildman–Crippen LogP) is 3.29. The average Bonchev–Trinajstić information content (AvgIpc) is 3.01. The van der Waals surface area contributed by atoms with E-state index >= 15 is 0 Å². The summed E-state index contributed by atoms with van der Waals surface area (Å²) in [4.78, 5) is 12.0. The lowest BCUT2D eigenvalue weighted by Crippen LogP contribution is -2.02. The summed E-state index contributed by atoms with van der Waals surface area (Å²) in [7, 11) is 1.67. The first-order chi connectivity index (χ1) is 7.61. The van der Waals surface area contributed by atoms with Crippen LogP contribution in [0, 0.1) is 19.8 Å². The van der Waals surface area contributed by atoms with Crippen LogP contribution in [-0.4, -0.2) is 12.9 Å². The number of hydrogen-bond donors (Lipinski definition) is 0. The first-order valence-electron chi connectivity index (χ1n) is 5.80. The fourth-order valence-electron chi connectivity index (χ4n) is 2.14. The van der Waals surface area contributed by atoms with Crippen molar-refractivity contribution < 1.29 is 9.53 Å². The van der Waals surface area contributed by atoms with E-state index in [0.29, 0.717) is 12.3 Å². The van der Waals surface area contributed by atoms with E-state index < -0.39 is 0 Å². The molecule has 0 bridgehead atoms. The molecule has 0 N–H and O–H groups in total. The van der Waals surface area contributed by atoms with Crippen LogP contribution in [0.25, 0.3) is 0 Å². The van der Waals surface area contributed by atoms with Gasteiger partial charge in [-0.1, -0.05) is 0 Å². The van der Waals surface area contributed by atoms with Crippen LogP contribution in [0.2, 0.25) is 0 Å². The number of rotatable bonds is 4. The van der Waals surface area contributed by atoms with Crippen molar-refractivity contribution in [1.82, 2.24) is 0 Å². The fourth-order valence-corrected chi connectivity index (χ4v) is 2.14. The Morgan fingerprint density at radius 1 is 1.31 bits per heavy atom. The van der Waals surface area contributed by atoms with Gasteiger partial charge >= 0.3 is 0 Å². The van der Waals surface area contributed by atoms with Crippen LogP contribution in [0.3, 0.4) is 0 Å². The number of aryl methyl sites for hydroxylation is 2. The van der Waals surface area contributed by atoms with Crippen molar-refractivity contribution >= 4 is 5.78 Å². The van der Waals surface area contributed by atoms with Crippen LogP contribution in [0.15, 0.2) is 12.1 Å². The summed E-state index contributed by atoms with van der Waals surface area (Å²) < 4.78 is 5.29. The zero-order chi connectivity index (χ0) is 11.7. The number of benzene rings is 1. The number of methoxy groups -OCH3 is 1. The smallest absolute Gasteiger partial charge is 0.163 e. The van der Waals surface area contributed by atoms with E-state index in [1.807, 2.05) is 26.0 Å². The van der Waals surface area contributed by atoms with Gasteiger partial charge in [-0.05, 0) is 55.9 Å². The molecule has 16 heavy (non-hydrogen) atoms. The normalized spacial score (nSPS) is 14.9. The first kappa shape index (κ1) is 11.2. The minimum absolute atomic E-state index is 0.274. The summed E-state index contributed by atoms with van der Waals surface area (Å²) in [6.07, 6.45) is 3.16. The maximum Gasteiger partial charge on any atom is 0.163 e. The lowest BCUT2D eigenvalue weighted by atomic mass is 10.00. The molecule has 1 saturated carbocycles. The standard InChI is InChI=1S/C14H18O2/c1-9-6-12(7-10(2)14(9)16-3)13(15)8-11-4-5-11/h6-7,11H,4-5,8H2,1-3H3. The Morgan fingerprint density at radius 2 is 1.88 bits per heavy atom. The fraction of sp³-hybridized carbons (Fsp3) is 0.500. The van der Waals surface area contributed by atoms with Crippen molar-refractivity contribution in [2.45, 2.75) is 33.1 Å². The second-order valence-corrected chi connectivity index (χ2v) is 4.71. The Kier molecular flexibility index (Phi) is 2.99. The second kappa shape index (κ2) is 4.28. The molecule has 1 aromatic carbocycles. The number of hydrogen-bond acceptors (Lipinski definition) is 2. The Morgan fingerprint density at radius 3 is 2.31 bits per heavy atom. The molecule has 0 spiro atoms. The van der Waals surface area contributed by atoms with Crippen LogP contribution in [0.5, 0.6) is 5.75 Å². The van der Waals surface area contributed by atoms with Crippen molar-refractivity contribution in [3.8, 4) is 5.75 Å². The molecule has 0 saturated heterocycles. The van der Waals surface area contributed by atoms with Crippen molar-refractivity contribution in [3.05, 3.63) is 28.8 Å². The van der Waals surface area contributed by atoms with Gasteiger partial charge in [-0.2, -0.15) is 0 Å². The molecule has 0 aliphatic heterocycles. The number of carbonyl (C=O) groups excluding carboxylic acids is 1. The van der Waals surface area contributed by atoms with E-state index in [0.717, 1.165) is 22.4 Å². The maximum absolute atomic E-state index is 12.0. The highest BCUT2D eigenvalue weighted by atomic mass is 16.5. The number of Topliss-reactive ketones (excluding diaryl/α,β-unsaturated/α-hetero) is 1. The van der Waals surface area contributed by atoms with Crippen molar-refractivity contribution in [2.75, 3.05) is 7.11 Å². The number of ketones is 1. The molecule has 0 amide bonds. The minimum Gasteiger partial charge on any atom is -0.496 e. The van der Waals surface area contributed by atoms with Crippen molar-refractivity contribution in [2.24, 2.45) is 5.92 Å². The molecule has 2 rings (SSSR count). The Balaban J connectivity index is 2.24. The molecule has 86 valence electrons. The summed E-state index contributed by atoms with van der Waals surface area (Å²) in [5, 5.41) is 0. The van der Waals surface area contributed by atoms with Gasteiger partial charge in [0.05, 0.1) is 7.11 Å². The summed E-state index contributed by atoms with van der Waals surface area (Å²) in [5.74, 6) is 1.81.